The first-order valence-corrected chi connectivity index (χ1v) is 9.92. The van der Waals surface area contributed by atoms with E-state index in [1.165, 1.54) is 25.1 Å². The average Bonchev–Trinajstić information content (AvgIpc) is 2.73. The number of aromatic carboxylic acids is 1. The molecule has 0 bridgehead atoms. The average molecular weight is 465 g/mol. The fraction of sp³-hybridized carbons (Fsp3) is 0.100. The van der Waals surface area contributed by atoms with Gasteiger partial charge in [0.1, 0.15) is 21.4 Å². The van der Waals surface area contributed by atoms with Crippen LogP contribution in [-0.2, 0) is 17.0 Å². The van der Waals surface area contributed by atoms with Gasteiger partial charge in [-0.1, -0.05) is 6.07 Å². The summed E-state index contributed by atoms with van der Waals surface area (Å²) in [4.78, 5) is 39.3. The van der Waals surface area contributed by atoms with Gasteiger partial charge in [-0.3, -0.25) is 14.2 Å². The van der Waals surface area contributed by atoms with Crippen LogP contribution in [0.2, 0.25) is 0 Å². The van der Waals surface area contributed by atoms with Gasteiger partial charge in [0.25, 0.3) is 5.56 Å². The van der Waals surface area contributed by atoms with Gasteiger partial charge < -0.3 is 10.8 Å². The largest absolute Gasteiger partial charge is 0.477 e. The molecule has 8 nitrogen and oxygen atoms in total. The van der Waals surface area contributed by atoms with Gasteiger partial charge in [0.2, 0.25) is 5.91 Å². The monoisotopic (exact) mass is 465 g/mol. The summed E-state index contributed by atoms with van der Waals surface area (Å²) in [6.07, 6.45) is -3.62. The van der Waals surface area contributed by atoms with Gasteiger partial charge in [0.15, 0.2) is 0 Å². The summed E-state index contributed by atoms with van der Waals surface area (Å²) in [5, 5.41) is 9.35. The molecular formula is C20H14F3N3O5S. The number of benzene rings is 1. The maximum absolute atomic E-state index is 13.1. The second-order valence-electron chi connectivity index (χ2n) is 6.52. The molecule has 0 saturated carbocycles. The van der Waals surface area contributed by atoms with Crippen LogP contribution in [0.3, 0.4) is 0 Å². The number of nitrogens with zero attached hydrogens (tertiary/aromatic N) is 2. The Balaban J connectivity index is 2.25. The molecule has 166 valence electrons. The van der Waals surface area contributed by atoms with E-state index in [2.05, 4.69) is 4.98 Å². The SMILES string of the molecule is Cc1c(S(=O)c2ccc(C(N)=O)cn2)cc(C(=O)O)c(=O)n1-c1cccc(C(F)(F)F)c1. The van der Waals surface area contributed by atoms with Gasteiger partial charge in [0, 0.05) is 17.6 Å². The number of carboxylic acids is 1. The maximum Gasteiger partial charge on any atom is 0.416 e. The van der Waals surface area contributed by atoms with Gasteiger partial charge >= 0.3 is 12.1 Å². The smallest absolute Gasteiger partial charge is 0.416 e. The predicted octanol–water partition coefficient (Wildman–Crippen LogP) is 2.52. The number of halogens is 3. The highest BCUT2D eigenvalue weighted by molar-refractivity contribution is 7.85. The van der Waals surface area contributed by atoms with Crippen LogP contribution in [0.25, 0.3) is 5.69 Å². The molecule has 2 heterocycles. The number of hydrogen-bond acceptors (Lipinski definition) is 5. The van der Waals surface area contributed by atoms with Crippen molar-refractivity contribution in [1.29, 1.82) is 0 Å². The first kappa shape index (κ1) is 22.9. The molecule has 32 heavy (non-hydrogen) atoms. The molecule has 0 aliphatic heterocycles. The third kappa shape index (κ3) is 4.30. The number of carbonyl (C=O) groups excluding carboxylic acids is 1. The molecule has 0 fully saturated rings. The van der Waals surface area contributed by atoms with Crippen molar-refractivity contribution in [3.8, 4) is 5.69 Å². The number of amides is 1. The minimum Gasteiger partial charge on any atom is -0.477 e. The van der Waals surface area contributed by atoms with E-state index in [1.807, 2.05) is 0 Å². The lowest BCUT2D eigenvalue weighted by atomic mass is 10.1. The van der Waals surface area contributed by atoms with E-state index < -0.39 is 45.5 Å². The maximum atomic E-state index is 13.1. The summed E-state index contributed by atoms with van der Waals surface area (Å²) in [6.45, 7) is 1.32. The van der Waals surface area contributed by atoms with Crippen LogP contribution < -0.4 is 11.3 Å². The van der Waals surface area contributed by atoms with E-state index in [4.69, 9.17) is 5.73 Å². The molecule has 3 N–H and O–H groups in total. The minimum absolute atomic E-state index is 0.0431. The first-order chi connectivity index (χ1) is 14.9. The van der Waals surface area contributed by atoms with Crippen molar-refractivity contribution in [2.24, 2.45) is 5.73 Å². The second-order valence-corrected chi connectivity index (χ2v) is 7.92. The molecule has 0 spiro atoms. The zero-order valence-electron chi connectivity index (χ0n) is 16.2. The van der Waals surface area contributed by atoms with Gasteiger partial charge in [-0.15, -0.1) is 0 Å². The first-order valence-electron chi connectivity index (χ1n) is 8.77. The summed E-state index contributed by atoms with van der Waals surface area (Å²) in [5.74, 6) is -2.41. The number of nitrogens with two attached hydrogens (primary N) is 1. The summed E-state index contributed by atoms with van der Waals surface area (Å²) in [5.41, 5.74) is 1.96. The molecule has 1 atom stereocenters. The topological polar surface area (TPSA) is 132 Å². The van der Waals surface area contributed by atoms with Crippen LogP contribution >= 0.6 is 0 Å². The van der Waals surface area contributed by atoms with E-state index in [1.54, 1.807) is 0 Å². The van der Waals surface area contributed by atoms with Crippen LogP contribution in [0, 0.1) is 6.92 Å². The molecular weight excluding hydrogens is 451 g/mol. The predicted molar refractivity (Wildman–Crippen MR) is 106 cm³/mol. The van der Waals surface area contributed by atoms with Crippen LogP contribution in [0.15, 0.2) is 63.4 Å². The molecule has 12 heteroatoms. The van der Waals surface area contributed by atoms with Crippen molar-refractivity contribution in [2.75, 3.05) is 0 Å². The van der Waals surface area contributed by atoms with Crippen molar-refractivity contribution < 1.29 is 32.1 Å². The Kier molecular flexibility index (Phi) is 5.99. The fourth-order valence-corrected chi connectivity index (χ4v) is 4.05. The fourth-order valence-electron chi connectivity index (χ4n) is 2.90. The van der Waals surface area contributed by atoms with E-state index in [-0.39, 0.29) is 26.9 Å². The number of carboxylic acid groups (broad SMARTS) is 1. The van der Waals surface area contributed by atoms with Crippen LogP contribution in [0.1, 0.15) is 32.0 Å². The molecule has 2 aromatic heterocycles. The van der Waals surface area contributed by atoms with Gasteiger partial charge in [-0.05, 0) is 43.3 Å². The number of primary amides is 1. The van der Waals surface area contributed by atoms with Gasteiger partial charge in [-0.2, -0.15) is 13.2 Å². The van der Waals surface area contributed by atoms with E-state index in [0.29, 0.717) is 6.07 Å². The normalized spacial score (nSPS) is 12.4. The third-order valence-electron chi connectivity index (χ3n) is 4.47. The highest BCUT2D eigenvalue weighted by Crippen LogP contribution is 2.31. The summed E-state index contributed by atoms with van der Waals surface area (Å²) in [7, 11) is -2.13. The standard InChI is InChI=1S/C20H14F3N3O5S/c1-10-15(32(31)16-6-5-11(9-25-16)17(24)27)8-14(19(29)30)18(28)26(10)13-4-2-3-12(7-13)20(21,22)23/h2-9H,1H3,(H2,24,27)(H,29,30). The molecule has 0 saturated heterocycles. The highest BCUT2D eigenvalue weighted by atomic mass is 32.2. The Hall–Kier alpha value is -3.80. The zero-order chi connectivity index (χ0) is 23.8. The van der Waals surface area contributed by atoms with Crippen molar-refractivity contribution in [3.05, 3.63) is 81.4 Å². The van der Waals surface area contributed by atoms with Crippen LogP contribution in [-0.4, -0.2) is 30.7 Å². The number of alkyl halides is 3. The van der Waals surface area contributed by atoms with E-state index in [9.17, 15) is 36.9 Å². The van der Waals surface area contributed by atoms with Crippen molar-refractivity contribution in [2.45, 2.75) is 23.0 Å². The lowest BCUT2D eigenvalue weighted by Crippen LogP contribution is -2.28. The Morgan fingerprint density at radius 1 is 1.16 bits per heavy atom. The molecule has 0 aliphatic carbocycles. The van der Waals surface area contributed by atoms with Gasteiger partial charge in [0.05, 0.1) is 16.0 Å². The second kappa shape index (κ2) is 8.38. The number of aromatic nitrogens is 2. The molecule has 3 aromatic rings. The van der Waals surface area contributed by atoms with Crippen LogP contribution in [0.5, 0.6) is 0 Å². The van der Waals surface area contributed by atoms with E-state index >= 15 is 0 Å². The Labute approximate surface area is 180 Å². The van der Waals surface area contributed by atoms with Crippen molar-refractivity contribution in [1.82, 2.24) is 9.55 Å². The van der Waals surface area contributed by atoms with Gasteiger partial charge in [-0.25, -0.2) is 14.0 Å². The zero-order valence-corrected chi connectivity index (χ0v) is 17.0. The summed E-state index contributed by atoms with van der Waals surface area (Å²) in [6, 6.07) is 7.14. The lowest BCUT2D eigenvalue weighted by molar-refractivity contribution is -0.137. The molecule has 1 aromatic carbocycles. The number of carbonyl (C=O) groups is 2. The number of pyridine rings is 2. The minimum atomic E-state index is -4.70. The number of rotatable bonds is 5. The van der Waals surface area contributed by atoms with Crippen LogP contribution in [0.4, 0.5) is 13.2 Å². The molecule has 0 aliphatic rings. The van der Waals surface area contributed by atoms with Crippen molar-refractivity contribution >= 4 is 22.7 Å². The number of hydrogen-bond donors (Lipinski definition) is 2. The lowest BCUT2D eigenvalue weighted by Gasteiger charge is -2.16. The highest BCUT2D eigenvalue weighted by Gasteiger charge is 2.31. The quantitative estimate of drug-likeness (QED) is 0.595. The molecule has 1 amide bonds. The Bertz CT molecular complexity index is 1320. The third-order valence-corrected chi connectivity index (χ3v) is 5.91. The van der Waals surface area contributed by atoms with E-state index in [0.717, 1.165) is 29.0 Å². The summed E-state index contributed by atoms with van der Waals surface area (Å²) < 4.78 is 53.3. The Morgan fingerprint density at radius 3 is 2.38 bits per heavy atom. The molecule has 1 unspecified atom stereocenters. The molecule has 0 radical (unpaired) electrons. The van der Waals surface area contributed by atoms with Crippen molar-refractivity contribution in [3.63, 3.8) is 0 Å². The summed E-state index contributed by atoms with van der Waals surface area (Å²) >= 11 is 0. The molecule has 3 rings (SSSR count). The Morgan fingerprint density at radius 2 is 1.84 bits per heavy atom.